The molecule has 130 valence electrons. The van der Waals surface area contributed by atoms with Gasteiger partial charge in [-0.15, -0.1) is 10.2 Å². The summed E-state index contributed by atoms with van der Waals surface area (Å²) in [7, 11) is 1.85. The molecule has 0 aromatic carbocycles. The second-order valence-corrected chi connectivity index (χ2v) is 6.37. The van der Waals surface area contributed by atoms with Crippen molar-refractivity contribution in [2.75, 3.05) is 0 Å². The molecular formula is C16H19N7O2. The molecule has 0 atom stereocenters. The number of rotatable bonds is 4. The molecule has 9 nitrogen and oxygen atoms in total. The maximum atomic E-state index is 12.6. The Morgan fingerprint density at radius 2 is 2.20 bits per heavy atom. The molecule has 0 radical (unpaired) electrons. The van der Waals surface area contributed by atoms with Gasteiger partial charge in [0.15, 0.2) is 5.82 Å². The van der Waals surface area contributed by atoms with Crippen molar-refractivity contribution in [3.63, 3.8) is 0 Å². The summed E-state index contributed by atoms with van der Waals surface area (Å²) in [5, 5.41) is 20.4. The van der Waals surface area contributed by atoms with E-state index in [1.807, 2.05) is 18.5 Å². The third-order valence-corrected chi connectivity index (χ3v) is 4.77. The Morgan fingerprint density at radius 1 is 1.40 bits per heavy atom. The number of nitrogens with one attached hydrogen (secondary N) is 1. The number of nitrogens with zero attached hydrogens (tertiary/aromatic N) is 6. The monoisotopic (exact) mass is 341 g/mol. The van der Waals surface area contributed by atoms with Crippen LogP contribution in [0.25, 0.3) is 5.78 Å². The van der Waals surface area contributed by atoms with Gasteiger partial charge in [-0.3, -0.25) is 9.20 Å². The lowest BCUT2D eigenvalue weighted by Gasteiger charge is -2.35. The van der Waals surface area contributed by atoms with E-state index in [2.05, 4.69) is 25.5 Å². The molecule has 3 heterocycles. The van der Waals surface area contributed by atoms with E-state index in [1.165, 1.54) is 0 Å². The third kappa shape index (κ3) is 2.56. The standard InChI is InChI=1S/C16H19N7O2/c1-9-13(23-5-3-4-17-16(23)18-9)15(25)19-11-6-10(7-11)14-21-20-12(8-24)22(14)2/h3-5,10-11,24H,6-8H2,1-2H3,(H,19,25). The van der Waals surface area contributed by atoms with E-state index < -0.39 is 0 Å². The quantitative estimate of drug-likeness (QED) is 0.708. The van der Waals surface area contributed by atoms with Crippen LogP contribution in [0, 0.1) is 6.92 Å². The molecule has 1 saturated carbocycles. The van der Waals surface area contributed by atoms with Gasteiger partial charge in [-0.2, -0.15) is 0 Å². The van der Waals surface area contributed by atoms with Crippen LogP contribution in [0.15, 0.2) is 18.5 Å². The lowest BCUT2D eigenvalue weighted by Crippen LogP contribution is -2.44. The summed E-state index contributed by atoms with van der Waals surface area (Å²) in [6, 6.07) is 1.87. The molecule has 1 fully saturated rings. The Balaban J connectivity index is 1.44. The van der Waals surface area contributed by atoms with E-state index in [0.29, 0.717) is 23.0 Å². The molecule has 0 unspecified atom stereocenters. The number of hydrogen-bond donors (Lipinski definition) is 2. The van der Waals surface area contributed by atoms with Crippen LogP contribution < -0.4 is 5.32 Å². The highest BCUT2D eigenvalue weighted by Gasteiger charge is 2.35. The summed E-state index contributed by atoms with van der Waals surface area (Å²) < 4.78 is 3.53. The minimum absolute atomic E-state index is 0.0911. The first-order chi connectivity index (χ1) is 12.1. The van der Waals surface area contributed by atoms with E-state index in [0.717, 1.165) is 18.7 Å². The van der Waals surface area contributed by atoms with Crippen molar-refractivity contribution in [1.82, 2.24) is 34.4 Å². The van der Waals surface area contributed by atoms with Gasteiger partial charge in [0.2, 0.25) is 5.78 Å². The summed E-state index contributed by atoms with van der Waals surface area (Å²) in [4.78, 5) is 21.1. The van der Waals surface area contributed by atoms with Crippen molar-refractivity contribution >= 4 is 11.7 Å². The van der Waals surface area contributed by atoms with Crippen LogP contribution in [0.4, 0.5) is 0 Å². The zero-order chi connectivity index (χ0) is 17.6. The topological polar surface area (TPSA) is 110 Å². The average molecular weight is 341 g/mol. The minimum atomic E-state index is -0.143. The second-order valence-electron chi connectivity index (χ2n) is 6.37. The van der Waals surface area contributed by atoms with Gasteiger partial charge >= 0.3 is 0 Å². The molecule has 9 heteroatoms. The van der Waals surface area contributed by atoms with Crippen LogP contribution in [-0.4, -0.2) is 46.2 Å². The first-order valence-corrected chi connectivity index (χ1v) is 8.18. The molecule has 25 heavy (non-hydrogen) atoms. The average Bonchev–Trinajstić information content (AvgIpc) is 3.09. The number of hydrogen-bond acceptors (Lipinski definition) is 6. The second kappa shape index (κ2) is 5.92. The maximum absolute atomic E-state index is 12.6. The van der Waals surface area contributed by atoms with Crippen molar-refractivity contribution in [2.24, 2.45) is 7.05 Å². The number of aromatic nitrogens is 6. The third-order valence-electron chi connectivity index (χ3n) is 4.77. The molecule has 4 rings (SSSR count). The molecule has 1 aliphatic carbocycles. The first-order valence-electron chi connectivity index (χ1n) is 8.18. The number of aryl methyl sites for hydroxylation is 1. The van der Waals surface area contributed by atoms with Crippen molar-refractivity contribution in [1.29, 1.82) is 0 Å². The maximum Gasteiger partial charge on any atom is 0.270 e. The van der Waals surface area contributed by atoms with Gasteiger partial charge < -0.3 is 15.0 Å². The predicted octanol–water partition coefficient (Wildman–Crippen LogP) is 0.335. The molecule has 0 saturated heterocycles. The molecule has 0 spiro atoms. The smallest absolute Gasteiger partial charge is 0.270 e. The zero-order valence-electron chi connectivity index (χ0n) is 14.0. The molecule has 3 aromatic rings. The first kappa shape index (κ1) is 15.7. The van der Waals surface area contributed by atoms with Gasteiger partial charge in [0, 0.05) is 31.4 Å². The number of amides is 1. The highest BCUT2D eigenvalue weighted by atomic mass is 16.3. The molecule has 0 bridgehead atoms. The van der Waals surface area contributed by atoms with Gasteiger partial charge in [0.05, 0.1) is 5.69 Å². The normalized spacial score (nSPS) is 19.8. The fourth-order valence-electron chi connectivity index (χ4n) is 3.34. The van der Waals surface area contributed by atoms with Crippen LogP contribution >= 0.6 is 0 Å². The molecule has 3 aromatic heterocycles. The van der Waals surface area contributed by atoms with Crippen molar-refractivity contribution in [2.45, 2.75) is 38.3 Å². The summed E-state index contributed by atoms with van der Waals surface area (Å²) in [5.41, 5.74) is 1.18. The highest BCUT2D eigenvalue weighted by molar-refractivity contribution is 5.94. The lowest BCUT2D eigenvalue weighted by molar-refractivity contribution is 0.0900. The van der Waals surface area contributed by atoms with Gasteiger partial charge in [-0.1, -0.05) is 0 Å². The summed E-state index contributed by atoms with van der Waals surface area (Å²) >= 11 is 0. The number of imidazole rings is 1. The number of aliphatic hydroxyl groups excluding tert-OH is 1. The summed E-state index contributed by atoms with van der Waals surface area (Å²) in [5.74, 6) is 2.02. The van der Waals surface area contributed by atoms with Gasteiger partial charge in [0.1, 0.15) is 18.1 Å². The van der Waals surface area contributed by atoms with Crippen LogP contribution in [-0.2, 0) is 13.7 Å². The van der Waals surface area contributed by atoms with E-state index in [4.69, 9.17) is 0 Å². The molecule has 2 N–H and O–H groups in total. The van der Waals surface area contributed by atoms with Crippen molar-refractivity contribution < 1.29 is 9.90 Å². The number of carbonyl (C=O) groups is 1. The van der Waals surface area contributed by atoms with Gasteiger partial charge in [-0.25, -0.2) is 9.97 Å². The lowest BCUT2D eigenvalue weighted by atomic mass is 9.79. The minimum Gasteiger partial charge on any atom is -0.388 e. The Labute approximate surface area is 143 Å². The number of aliphatic hydroxyl groups is 1. The SMILES string of the molecule is Cc1nc2ncccn2c1C(=O)NC1CC(c2nnc(CO)n2C)C1. The fraction of sp³-hybridized carbons (Fsp3) is 0.438. The van der Waals surface area contributed by atoms with E-state index in [-0.39, 0.29) is 24.5 Å². The van der Waals surface area contributed by atoms with Crippen molar-refractivity contribution in [3.8, 4) is 0 Å². The van der Waals surface area contributed by atoms with E-state index in [1.54, 1.807) is 22.9 Å². The van der Waals surface area contributed by atoms with Crippen LogP contribution in [0.1, 0.15) is 46.6 Å². The zero-order valence-corrected chi connectivity index (χ0v) is 14.0. The van der Waals surface area contributed by atoms with E-state index in [9.17, 15) is 9.90 Å². The van der Waals surface area contributed by atoms with Crippen molar-refractivity contribution in [3.05, 3.63) is 41.5 Å². The van der Waals surface area contributed by atoms with Crippen LogP contribution in [0.2, 0.25) is 0 Å². The Bertz CT molecular complexity index is 939. The molecular weight excluding hydrogens is 322 g/mol. The molecule has 0 aliphatic heterocycles. The largest absolute Gasteiger partial charge is 0.388 e. The molecule has 1 aliphatic rings. The van der Waals surface area contributed by atoms with E-state index >= 15 is 0 Å². The Morgan fingerprint density at radius 3 is 2.92 bits per heavy atom. The predicted molar refractivity (Wildman–Crippen MR) is 87.9 cm³/mol. The molecule has 1 amide bonds. The van der Waals surface area contributed by atoms with Gasteiger partial charge in [-0.05, 0) is 25.8 Å². The Kier molecular flexibility index (Phi) is 3.72. The van der Waals surface area contributed by atoms with Gasteiger partial charge in [0.25, 0.3) is 5.91 Å². The Hall–Kier alpha value is -2.81. The number of carbonyl (C=O) groups excluding carboxylic acids is 1. The summed E-state index contributed by atoms with van der Waals surface area (Å²) in [6.45, 7) is 1.68. The summed E-state index contributed by atoms with van der Waals surface area (Å²) in [6.07, 6.45) is 5.05. The van der Waals surface area contributed by atoms with Crippen LogP contribution in [0.3, 0.4) is 0 Å². The highest BCUT2D eigenvalue weighted by Crippen LogP contribution is 2.36. The fourth-order valence-corrected chi connectivity index (χ4v) is 3.34. The van der Waals surface area contributed by atoms with Crippen LogP contribution in [0.5, 0.6) is 0 Å². The number of fused-ring (bicyclic) bond motifs is 1.